The number of alkyl halides is 2. The first kappa shape index (κ1) is 18.9. The lowest BCUT2D eigenvalue weighted by Crippen LogP contribution is -2.21. The first-order valence-electron chi connectivity index (χ1n) is 7.30. The lowest BCUT2D eigenvalue weighted by atomic mass is 10.0. The van der Waals surface area contributed by atoms with Crippen molar-refractivity contribution >= 4 is 33.3 Å². The van der Waals surface area contributed by atoms with E-state index in [0.717, 1.165) is 0 Å². The van der Waals surface area contributed by atoms with Gasteiger partial charge in [-0.05, 0) is 42.8 Å². The van der Waals surface area contributed by atoms with Gasteiger partial charge in [-0.1, -0.05) is 34.6 Å². The second-order valence-electron chi connectivity index (χ2n) is 5.33. The number of nitrogens with one attached hydrogen (secondary N) is 2. The molecule has 0 fully saturated rings. The van der Waals surface area contributed by atoms with Crippen LogP contribution in [0.2, 0.25) is 0 Å². The van der Waals surface area contributed by atoms with Crippen molar-refractivity contribution in [1.82, 2.24) is 0 Å². The number of amides is 2. The van der Waals surface area contributed by atoms with Crippen molar-refractivity contribution in [3.05, 3.63) is 64.7 Å². The van der Waals surface area contributed by atoms with Gasteiger partial charge in [-0.3, -0.25) is 0 Å². The first-order valence-corrected chi connectivity index (χ1v) is 8.10. The largest absolute Gasteiger partial charge is 0.495 e. The van der Waals surface area contributed by atoms with Gasteiger partial charge in [-0.2, -0.15) is 8.78 Å². The smallest absolute Gasteiger partial charge is 0.323 e. The second kappa shape index (κ2) is 7.65. The van der Waals surface area contributed by atoms with Gasteiger partial charge in [0.15, 0.2) is 0 Å². The molecule has 0 radical (unpaired) electrons. The van der Waals surface area contributed by atoms with Gasteiger partial charge < -0.3 is 15.4 Å². The molecule has 2 amide bonds. The molecule has 0 unspecified atom stereocenters. The van der Waals surface area contributed by atoms with Gasteiger partial charge in [-0.15, -0.1) is 0 Å². The van der Waals surface area contributed by atoms with Crippen LogP contribution in [0.4, 0.5) is 25.0 Å². The SMILES string of the molecule is C=C(C)C(F)(F)c1cc(NC(=O)Nc2ccccc2OC)ccc1Br. The summed E-state index contributed by atoms with van der Waals surface area (Å²) in [6.07, 6.45) is 0. The van der Waals surface area contributed by atoms with E-state index in [1.807, 2.05) is 0 Å². The summed E-state index contributed by atoms with van der Waals surface area (Å²) in [5, 5.41) is 5.14. The van der Waals surface area contributed by atoms with Gasteiger partial charge in [-0.25, -0.2) is 4.79 Å². The van der Waals surface area contributed by atoms with Crippen molar-refractivity contribution in [2.24, 2.45) is 0 Å². The van der Waals surface area contributed by atoms with Gasteiger partial charge in [0, 0.05) is 15.7 Å². The topological polar surface area (TPSA) is 50.4 Å². The van der Waals surface area contributed by atoms with Gasteiger partial charge in [0.25, 0.3) is 5.92 Å². The fourth-order valence-corrected chi connectivity index (χ4v) is 2.60. The predicted molar refractivity (Wildman–Crippen MR) is 98.5 cm³/mol. The Balaban J connectivity index is 2.20. The van der Waals surface area contributed by atoms with E-state index in [-0.39, 0.29) is 21.3 Å². The van der Waals surface area contributed by atoms with Crippen LogP contribution in [0.25, 0.3) is 0 Å². The minimum Gasteiger partial charge on any atom is -0.495 e. The highest BCUT2D eigenvalue weighted by molar-refractivity contribution is 9.10. The summed E-state index contributed by atoms with van der Waals surface area (Å²) in [5.41, 5.74) is 0.137. The van der Waals surface area contributed by atoms with Crippen molar-refractivity contribution in [1.29, 1.82) is 0 Å². The van der Waals surface area contributed by atoms with E-state index in [0.29, 0.717) is 11.4 Å². The zero-order chi connectivity index (χ0) is 18.6. The summed E-state index contributed by atoms with van der Waals surface area (Å²) in [5.74, 6) is -2.72. The van der Waals surface area contributed by atoms with Crippen LogP contribution in [0, 0.1) is 0 Å². The molecule has 0 saturated carbocycles. The third-order valence-electron chi connectivity index (χ3n) is 3.45. The number of carbonyl (C=O) groups is 1. The van der Waals surface area contributed by atoms with Gasteiger partial charge in [0.1, 0.15) is 5.75 Å². The molecule has 4 nitrogen and oxygen atoms in total. The molecule has 2 aromatic carbocycles. The molecule has 0 aliphatic rings. The van der Waals surface area contributed by atoms with Crippen molar-refractivity contribution in [3.8, 4) is 5.75 Å². The molecule has 0 aliphatic carbocycles. The third-order valence-corrected chi connectivity index (χ3v) is 4.15. The van der Waals surface area contributed by atoms with E-state index in [9.17, 15) is 13.6 Å². The van der Waals surface area contributed by atoms with Gasteiger partial charge >= 0.3 is 6.03 Å². The lowest BCUT2D eigenvalue weighted by molar-refractivity contribution is 0.0378. The molecule has 0 aromatic heterocycles. The van der Waals surface area contributed by atoms with Crippen LogP contribution in [-0.4, -0.2) is 13.1 Å². The van der Waals surface area contributed by atoms with Crippen molar-refractivity contribution in [2.45, 2.75) is 12.8 Å². The van der Waals surface area contributed by atoms with Crippen molar-refractivity contribution in [3.63, 3.8) is 0 Å². The second-order valence-corrected chi connectivity index (χ2v) is 6.18. The van der Waals surface area contributed by atoms with Gasteiger partial charge in [0.2, 0.25) is 0 Å². The van der Waals surface area contributed by atoms with Gasteiger partial charge in [0.05, 0.1) is 12.8 Å². The summed E-state index contributed by atoms with van der Waals surface area (Å²) in [4.78, 5) is 12.1. The maximum absolute atomic E-state index is 14.2. The minimum atomic E-state index is -3.21. The van der Waals surface area contributed by atoms with Crippen LogP contribution in [0.3, 0.4) is 0 Å². The van der Waals surface area contributed by atoms with Crippen LogP contribution in [-0.2, 0) is 5.92 Å². The molecule has 25 heavy (non-hydrogen) atoms. The Bertz CT molecular complexity index is 809. The molecule has 0 aliphatic heterocycles. The van der Waals surface area contributed by atoms with E-state index in [2.05, 4.69) is 33.1 Å². The Labute approximate surface area is 153 Å². The maximum Gasteiger partial charge on any atom is 0.323 e. The number of halogens is 3. The van der Waals surface area contributed by atoms with Crippen molar-refractivity contribution < 1.29 is 18.3 Å². The van der Waals surface area contributed by atoms with Crippen LogP contribution < -0.4 is 15.4 Å². The zero-order valence-corrected chi connectivity index (χ0v) is 15.3. The van der Waals surface area contributed by atoms with E-state index >= 15 is 0 Å². The number of rotatable bonds is 5. The third kappa shape index (κ3) is 4.36. The number of methoxy groups -OCH3 is 1. The Hall–Kier alpha value is -2.41. The minimum absolute atomic E-state index is 0.228. The molecule has 2 N–H and O–H groups in total. The molecule has 2 rings (SSSR count). The first-order chi connectivity index (χ1) is 11.8. The summed E-state index contributed by atoms with van der Waals surface area (Å²) < 4.78 is 33.8. The van der Waals surface area contributed by atoms with E-state index in [1.165, 1.54) is 32.2 Å². The summed E-state index contributed by atoms with van der Waals surface area (Å²) >= 11 is 3.11. The molecule has 7 heteroatoms. The number of urea groups is 1. The number of allylic oxidation sites excluding steroid dienone is 1. The normalized spacial score (nSPS) is 10.9. The van der Waals surface area contributed by atoms with E-state index in [4.69, 9.17) is 4.74 Å². The molecule has 2 aromatic rings. The number of hydrogen-bond donors (Lipinski definition) is 2. The fraction of sp³-hybridized carbons (Fsp3) is 0.167. The van der Waals surface area contributed by atoms with Crippen LogP contribution in [0.15, 0.2) is 59.1 Å². The molecule has 0 bridgehead atoms. The Kier molecular flexibility index (Phi) is 5.79. The molecule has 0 atom stereocenters. The Morgan fingerprint density at radius 1 is 1.20 bits per heavy atom. The Morgan fingerprint density at radius 3 is 2.52 bits per heavy atom. The van der Waals surface area contributed by atoms with E-state index < -0.39 is 12.0 Å². The quantitative estimate of drug-likeness (QED) is 0.614. The predicted octanol–water partition coefficient (Wildman–Crippen LogP) is 5.77. The van der Waals surface area contributed by atoms with Crippen LogP contribution in [0.1, 0.15) is 12.5 Å². The average molecular weight is 411 g/mol. The maximum atomic E-state index is 14.2. The fourth-order valence-electron chi connectivity index (χ4n) is 2.11. The molecular weight excluding hydrogens is 394 g/mol. The highest BCUT2D eigenvalue weighted by Gasteiger charge is 2.34. The summed E-state index contributed by atoms with van der Waals surface area (Å²) in [7, 11) is 1.49. The highest BCUT2D eigenvalue weighted by atomic mass is 79.9. The number of benzene rings is 2. The highest BCUT2D eigenvalue weighted by Crippen LogP contribution is 2.40. The van der Waals surface area contributed by atoms with Crippen molar-refractivity contribution in [2.75, 3.05) is 17.7 Å². The zero-order valence-electron chi connectivity index (χ0n) is 13.7. The van der Waals surface area contributed by atoms with Crippen LogP contribution in [0.5, 0.6) is 5.75 Å². The number of ether oxygens (including phenoxy) is 1. The molecular formula is C18H17BrF2N2O2. The number of para-hydroxylation sites is 2. The molecule has 0 heterocycles. The standard InChI is InChI=1S/C18H17BrF2N2O2/c1-11(2)18(20,21)13-10-12(8-9-14(13)19)22-17(24)23-15-6-4-5-7-16(15)25-3/h4-10H,1H2,2-3H3,(H2,22,23,24). The average Bonchev–Trinajstić information content (AvgIpc) is 2.56. The molecule has 0 spiro atoms. The lowest BCUT2D eigenvalue weighted by Gasteiger charge is -2.19. The summed E-state index contributed by atoms with van der Waals surface area (Å²) in [6.45, 7) is 4.58. The molecule has 132 valence electrons. The van der Waals surface area contributed by atoms with E-state index in [1.54, 1.807) is 24.3 Å². The summed E-state index contributed by atoms with van der Waals surface area (Å²) in [6, 6.07) is 10.5. The number of hydrogen-bond acceptors (Lipinski definition) is 2. The Morgan fingerprint density at radius 2 is 1.88 bits per heavy atom. The van der Waals surface area contributed by atoms with Crippen LogP contribution >= 0.6 is 15.9 Å². The monoisotopic (exact) mass is 410 g/mol. The number of anilines is 2. The molecule has 0 saturated heterocycles. The number of carbonyl (C=O) groups excluding carboxylic acids is 1.